The topological polar surface area (TPSA) is 80.0 Å². The third kappa shape index (κ3) is 3.91. The average molecular weight is 343 g/mol. The molecule has 24 heavy (non-hydrogen) atoms. The van der Waals surface area contributed by atoms with Crippen LogP contribution in [-0.4, -0.2) is 15.9 Å². The molecule has 0 aliphatic heterocycles. The number of furan rings is 1. The summed E-state index contributed by atoms with van der Waals surface area (Å²) in [6.07, 6.45) is 1.56. The van der Waals surface area contributed by atoms with Gasteiger partial charge in [0.25, 0.3) is 5.91 Å². The van der Waals surface area contributed by atoms with Crippen molar-refractivity contribution in [3.05, 3.63) is 71.0 Å². The van der Waals surface area contributed by atoms with Crippen LogP contribution in [-0.2, 0) is 6.54 Å². The predicted molar refractivity (Wildman–Crippen MR) is 91.4 cm³/mol. The van der Waals surface area contributed by atoms with Crippen molar-refractivity contribution >= 4 is 29.0 Å². The summed E-state index contributed by atoms with van der Waals surface area (Å²) in [7, 11) is 0. The summed E-state index contributed by atoms with van der Waals surface area (Å²) < 4.78 is 5.18. The Morgan fingerprint density at radius 2 is 2.04 bits per heavy atom. The molecule has 0 spiro atoms. The van der Waals surface area contributed by atoms with Gasteiger partial charge < -0.3 is 15.1 Å². The Hall–Kier alpha value is -2.86. The summed E-state index contributed by atoms with van der Waals surface area (Å²) in [5.74, 6) is 1.34. The number of carbonyl (C=O) groups is 1. The van der Waals surface area contributed by atoms with Crippen LogP contribution in [0.5, 0.6) is 0 Å². The summed E-state index contributed by atoms with van der Waals surface area (Å²) in [6.45, 7) is 2.02. The van der Waals surface area contributed by atoms with Crippen LogP contribution in [0.25, 0.3) is 0 Å². The van der Waals surface area contributed by atoms with Gasteiger partial charge in [0.2, 0.25) is 0 Å². The molecule has 0 saturated carbocycles. The van der Waals surface area contributed by atoms with Crippen LogP contribution in [0, 0.1) is 6.92 Å². The number of hydrogen-bond acceptors (Lipinski definition) is 5. The van der Waals surface area contributed by atoms with Gasteiger partial charge in [0, 0.05) is 6.07 Å². The van der Waals surface area contributed by atoms with E-state index >= 15 is 0 Å². The van der Waals surface area contributed by atoms with Crippen LogP contribution in [0.15, 0.2) is 53.1 Å². The maximum atomic E-state index is 12.3. The number of anilines is 2. The molecule has 3 rings (SSSR count). The fourth-order valence-electron chi connectivity index (χ4n) is 2.12. The zero-order valence-electron chi connectivity index (χ0n) is 12.9. The van der Waals surface area contributed by atoms with Crippen LogP contribution >= 0.6 is 11.6 Å². The van der Waals surface area contributed by atoms with Crippen molar-refractivity contribution in [2.75, 3.05) is 5.32 Å². The van der Waals surface area contributed by atoms with E-state index in [1.165, 1.54) is 0 Å². The molecule has 3 aromatic rings. The molecule has 0 fully saturated rings. The van der Waals surface area contributed by atoms with Gasteiger partial charge in [0.05, 0.1) is 23.5 Å². The summed E-state index contributed by atoms with van der Waals surface area (Å²) >= 11 is 6.13. The highest BCUT2D eigenvalue weighted by atomic mass is 35.5. The molecule has 2 N–H and O–H groups in total. The first-order chi connectivity index (χ1) is 11.6. The number of carbonyl (C=O) groups excluding carboxylic acids is 1. The number of aromatic nitrogens is 2. The monoisotopic (exact) mass is 342 g/mol. The number of rotatable bonds is 5. The number of amides is 1. The number of nitrogens with one attached hydrogen (secondary N) is 2. The van der Waals surface area contributed by atoms with E-state index in [9.17, 15) is 4.79 Å². The van der Waals surface area contributed by atoms with Crippen molar-refractivity contribution in [1.29, 1.82) is 0 Å². The number of nitrogens with zero attached hydrogens (tertiary/aromatic N) is 2. The van der Waals surface area contributed by atoms with Gasteiger partial charge in [-0.15, -0.1) is 0 Å². The van der Waals surface area contributed by atoms with Gasteiger partial charge in [-0.2, -0.15) is 0 Å². The average Bonchev–Trinajstić information content (AvgIpc) is 3.08. The molecule has 7 heteroatoms. The molecular weight excluding hydrogens is 328 g/mol. The zero-order valence-corrected chi connectivity index (χ0v) is 13.7. The molecule has 0 bridgehead atoms. The zero-order chi connectivity index (χ0) is 16.9. The summed E-state index contributed by atoms with van der Waals surface area (Å²) in [4.78, 5) is 20.7. The highest BCUT2D eigenvalue weighted by Gasteiger charge is 2.11. The van der Waals surface area contributed by atoms with E-state index in [-0.39, 0.29) is 11.6 Å². The quantitative estimate of drug-likeness (QED) is 0.739. The van der Waals surface area contributed by atoms with E-state index in [1.54, 1.807) is 37.5 Å². The summed E-state index contributed by atoms with van der Waals surface area (Å²) in [5, 5.41) is 6.42. The van der Waals surface area contributed by atoms with Crippen LogP contribution in [0.2, 0.25) is 5.02 Å². The molecule has 2 heterocycles. The van der Waals surface area contributed by atoms with Gasteiger partial charge in [0.15, 0.2) is 0 Å². The first-order valence-electron chi connectivity index (χ1n) is 7.29. The molecule has 0 radical (unpaired) electrons. The highest BCUT2D eigenvalue weighted by molar-refractivity contribution is 6.33. The molecule has 1 amide bonds. The maximum Gasteiger partial charge on any atom is 0.270 e. The molecule has 0 aliphatic rings. The second-order valence-corrected chi connectivity index (χ2v) is 5.46. The number of benzene rings is 1. The minimum absolute atomic E-state index is 0.267. The van der Waals surface area contributed by atoms with Crippen LogP contribution in [0.3, 0.4) is 0 Å². The smallest absolute Gasteiger partial charge is 0.270 e. The fraction of sp³-hybridized carbons (Fsp3) is 0.118. The Balaban J connectivity index is 1.75. The summed E-state index contributed by atoms with van der Waals surface area (Å²) in [6, 6.07) is 12.4. The van der Waals surface area contributed by atoms with E-state index in [4.69, 9.17) is 16.0 Å². The number of hydrogen-bond donors (Lipinski definition) is 2. The molecule has 122 valence electrons. The van der Waals surface area contributed by atoms with Gasteiger partial charge >= 0.3 is 0 Å². The lowest BCUT2D eigenvalue weighted by atomic mass is 10.3. The lowest BCUT2D eigenvalue weighted by Crippen LogP contribution is -2.24. The van der Waals surface area contributed by atoms with Crippen LogP contribution < -0.4 is 10.6 Å². The highest BCUT2D eigenvalue weighted by Crippen LogP contribution is 2.24. The maximum absolute atomic E-state index is 12.3. The molecule has 2 aromatic heterocycles. The molecule has 0 atom stereocenters. The van der Waals surface area contributed by atoms with E-state index in [0.29, 0.717) is 34.7 Å². The van der Waals surface area contributed by atoms with Crippen molar-refractivity contribution in [2.45, 2.75) is 13.5 Å². The minimum Gasteiger partial charge on any atom is -0.467 e. The molecule has 0 unspecified atom stereocenters. The Labute approximate surface area is 143 Å². The second-order valence-electron chi connectivity index (χ2n) is 5.05. The Morgan fingerprint density at radius 3 is 2.79 bits per heavy atom. The third-order valence-corrected chi connectivity index (χ3v) is 3.54. The van der Waals surface area contributed by atoms with Gasteiger partial charge in [-0.1, -0.05) is 23.7 Å². The molecule has 0 aliphatic carbocycles. The first-order valence-corrected chi connectivity index (χ1v) is 7.67. The van der Waals surface area contributed by atoms with Crippen molar-refractivity contribution in [3.63, 3.8) is 0 Å². The lowest BCUT2D eigenvalue weighted by Gasteiger charge is -2.10. The SMILES string of the molecule is Cc1nc(Nc2ccccc2Cl)cc(C(=O)NCc2ccco2)n1. The third-order valence-electron chi connectivity index (χ3n) is 3.21. The van der Waals surface area contributed by atoms with Gasteiger partial charge in [-0.25, -0.2) is 9.97 Å². The molecule has 1 aromatic carbocycles. The van der Waals surface area contributed by atoms with E-state index < -0.39 is 0 Å². The van der Waals surface area contributed by atoms with Crippen LogP contribution in [0.1, 0.15) is 22.1 Å². The fourth-order valence-corrected chi connectivity index (χ4v) is 2.30. The van der Waals surface area contributed by atoms with E-state index in [2.05, 4.69) is 20.6 Å². The van der Waals surface area contributed by atoms with E-state index in [1.807, 2.05) is 18.2 Å². The normalized spacial score (nSPS) is 10.4. The molecule has 6 nitrogen and oxygen atoms in total. The second kappa shape index (κ2) is 7.14. The van der Waals surface area contributed by atoms with Crippen molar-refractivity contribution in [1.82, 2.24) is 15.3 Å². The largest absolute Gasteiger partial charge is 0.467 e. The van der Waals surface area contributed by atoms with E-state index in [0.717, 1.165) is 0 Å². The van der Waals surface area contributed by atoms with Crippen molar-refractivity contribution in [2.24, 2.45) is 0 Å². The van der Waals surface area contributed by atoms with Crippen LogP contribution in [0.4, 0.5) is 11.5 Å². The molecule has 0 saturated heterocycles. The van der Waals surface area contributed by atoms with Gasteiger partial charge in [0.1, 0.15) is 23.1 Å². The summed E-state index contributed by atoms with van der Waals surface area (Å²) in [5.41, 5.74) is 0.975. The van der Waals surface area contributed by atoms with Crippen molar-refractivity contribution in [3.8, 4) is 0 Å². The first kappa shape index (κ1) is 16.0. The Bertz CT molecular complexity index is 850. The number of aryl methyl sites for hydroxylation is 1. The predicted octanol–water partition coefficient (Wildman–Crippen LogP) is 3.71. The number of halogens is 1. The molecular formula is C17H15ClN4O2. The Morgan fingerprint density at radius 1 is 1.21 bits per heavy atom. The number of para-hydroxylation sites is 1. The van der Waals surface area contributed by atoms with Crippen molar-refractivity contribution < 1.29 is 9.21 Å². The van der Waals surface area contributed by atoms with Gasteiger partial charge in [-0.05, 0) is 31.2 Å². The Kier molecular flexibility index (Phi) is 4.77. The minimum atomic E-state index is -0.306. The lowest BCUT2D eigenvalue weighted by molar-refractivity contribution is 0.0942. The standard InChI is InChI=1S/C17H15ClN4O2/c1-11-20-15(17(23)19-10-12-5-4-8-24-12)9-16(21-11)22-14-7-3-2-6-13(14)18/h2-9H,10H2,1H3,(H,19,23)(H,20,21,22). The van der Waals surface area contributed by atoms with Gasteiger partial charge in [-0.3, -0.25) is 4.79 Å².